The zero-order chi connectivity index (χ0) is 15.2. The van der Waals surface area contributed by atoms with Crippen molar-refractivity contribution in [1.82, 2.24) is 5.32 Å². The van der Waals surface area contributed by atoms with Crippen LogP contribution < -0.4 is 14.8 Å². The highest BCUT2D eigenvalue weighted by atomic mass is 79.9. The van der Waals surface area contributed by atoms with Gasteiger partial charge in [0.2, 0.25) is 0 Å². The molecule has 0 saturated heterocycles. The Morgan fingerprint density at radius 2 is 2.10 bits per heavy atom. The zero-order valence-corrected chi connectivity index (χ0v) is 14.5. The van der Waals surface area contributed by atoms with Gasteiger partial charge in [-0.1, -0.05) is 13.5 Å². The number of nitrogens with one attached hydrogen (secondary N) is 1. The van der Waals surface area contributed by atoms with Gasteiger partial charge in [0.15, 0.2) is 11.5 Å². The Hall–Kier alpha value is -1.00. The molecular weight excluding hydrogens is 330 g/mol. The van der Waals surface area contributed by atoms with Crippen LogP contribution in [0.5, 0.6) is 11.5 Å². The Morgan fingerprint density at radius 1 is 1.33 bits per heavy atom. The lowest BCUT2D eigenvalue weighted by molar-refractivity contribution is 0.290. The summed E-state index contributed by atoms with van der Waals surface area (Å²) < 4.78 is 12.5. The van der Waals surface area contributed by atoms with Gasteiger partial charge in [-0.25, -0.2) is 0 Å². The van der Waals surface area contributed by atoms with Gasteiger partial charge in [0.1, 0.15) is 6.61 Å². The molecule has 2 rings (SSSR count). The van der Waals surface area contributed by atoms with E-state index < -0.39 is 0 Å². The molecule has 0 amide bonds. The van der Waals surface area contributed by atoms with Gasteiger partial charge in [-0.2, -0.15) is 0 Å². The molecule has 1 fully saturated rings. The summed E-state index contributed by atoms with van der Waals surface area (Å²) in [5, 5.41) is 3.52. The minimum absolute atomic E-state index is 0.523. The van der Waals surface area contributed by atoms with Gasteiger partial charge in [0.05, 0.1) is 11.1 Å². The van der Waals surface area contributed by atoms with E-state index >= 15 is 0 Å². The molecule has 0 spiro atoms. The summed E-state index contributed by atoms with van der Waals surface area (Å²) in [6, 6.07) is 4.86. The Balaban J connectivity index is 2.10. The van der Waals surface area contributed by atoms with Crippen molar-refractivity contribution in [2.24, 2.45) is 0 Å². The Morgan fingerprint density at radius 3 is 2.71 bits per heavy atom. The predicted molar refractivity (Wildman–Crippen MR) is 90.1 cm³/mol. The van der Waals surface area contributed by atoms with Crippen LogP contribution in [0, 0.1) is 0 Å². The van der Waals surface area contributed by atoms with E-state index in [2.05, 4.69) is 46.9 Å². The average Bonchev–Trinajstić information content (AvgIpc) is 3.28. The molecule has 0 bridgehead atoms. The van der Waals surface area contributed by atoms with E-state index in [1.54, 1.807) is 0 Å². The lowest BCUT2D eigenvalue weighted by Gasteiger charge is -2.16. The normalized spacial score (nSPS) is 14.0. The topological polar surface area (TPSA) is 30.5 Å². The first-order chi connectivity index (χ1) is 10.1. The lowest BCUT2D eigenvalue weighted by Crippen LogP contribution is -2.15. The summed E-state index contributed by atoms with van der Waals surface area (Å²) in [5.74, 6) is 1.56. The van der Waals surface area contributed by atoms with Crippen LogP contribution in [0.15, 0.2) is 28.8 Å². The van der Waals surface area contributed by atoms with Crippen LogP contribution in [0.4, 0.5) is 0 Å². The standard InChI is InChI=1S/C17H24BrNO2/c1-4-12(3)11-21-17-15(18)8-13(9-16(17)20-5-2)10-19-14-6-7-14/h8-9,14,19H,3-7,10-11H2,1-2H3. The predicted octanol–water partition coefficient (Wildman–Crippen LogP) is 4.44. The first-order valence-corrected chi connectivity index (χ1v) is 8.41. The summed E-state index contributed by atoms with van der Waals surface area (Å²) in [6.07, 6.45) is 3.50. The van der Waals surface area contributed by atoms with Crippen molar-refractivity contribution in [3.05, 3.63) is 34.3 Å². The SMILES string of the molecule is C=C(CC)COc1c(Br)cc(CNC2CC2)cc1OCC. The first-order valence-electron chi connectivity index (χ1n) is 7.62. The molecule has 0 atom stereocenters. The van der Waals surface area contributed by atoms with Gasteiger partial charge in [0, 0.05) is 12.6 Å². The molecule has 116 valence electrons. The Kier molecular flexibility index (Phi) is 6.12. The van der Waals surface area contributed by atoms with E-state index in [-0.39, 0.29) is 0 Å². The number of hydrogen-bond donors (Lipinski definition) is 1. The fourth-order valence-corrected chi connectivity index (χ4v) is 2.56. The van der Waals surface area contributed by atoms with Crippen molar-refractivity contribution >= 4 is 15.9 Å². The molecule has 0 heterocycles. The van der Waals surface area contributed by atoms with Crippen LogP contribution in [0.3, 0.4) is 0 Å². The molecule has 0 aromatic heterocycles. The van der Waals surface area contributed by atoms with Crippen molar-refractivity contribution in [2.45, 2.75) is 45.7 Å². The second kappa shape index (κ2) is 7.85. The molecule has 1 N–H and O–H groups in total. The van der Waals surface area contributed by atoms with Crippen molar-refractivity contribution in [3.8, 4) is 11.5 Å². The summed E-state index contributed by atoms with van der Waals surface area (Å²) in [7, 11) is 0. The van der Waals surface area contributed by atoms with Gasteiger partial charge in [-0.05, 0) is 65.4 Å². The van der Waals surface area contributed by atoms with Crippen LogP contribution >= 0.6 is 15.9 Å². The quantitative estimate of drug-likeness (QED) is 0.665. The molecule has 0 radical (unpaired) electrons. The van der Waals surface area contributed by atoms with Gasteiger partial charge in [0.25, 0.3) is 0 Å². The highest BCUT2D eigenvalue weighted by Crippen LogP contribution is 2.37. The second-order valence-electron chi connectivity index (χ2n) is 5.39. The van der Waals surface area contributed by atoms with Crippen LogP contribution in [-0.2, 0) is 6.54 Å². The van der Waals surface area contributed by atoms with Crippen molar-refractivity contribution in [3.63, 3.8) is 0 Å². The second-order valence-corrected chi connectivity index (χ2v) is 6.24. The molecule has 0 unspecified atom stereocenters. The van der Waals surface area contributed by atoms with Crippen molar-refractivity contribution in [1.29, 1.82) is 0 Å². The zero-order valence-electron chi connectivity index (χ0n) is 12.9. The van der Waals surface area contributed by atoms with Crippen molar-refractivity contribution in [2.75, 3.05) is 13.2 Å². The Bertz CT molecular complexity index is 498. The monoisotopic (exact) mass is 353 g/mol. The molecule has 1 aliphatic carbocycles. The maximum Gasteiger partial charge on any atom is 0.175 e. The first kappa shape index (κ1) is 16.4. The van der Waals surface area contributed by atoms with Crippen molar-refractivity contribution < 1.29 is 9.47 Å². The fourth-order valence-electron chi connectivity index (χ4n) is 1.95. The lowest BCUT2D eigenvalue weighted by atomic mass is 10.2. The van der Waals surface area contributed by atoms with Gasteiger partial charge in [-0.15, -0.1) is 0 Å². The number of halogens is 1. The van der Waals surface area contributed by atoms with Crippen LogP contribution in [0.1, 0.15) is 38.7 Å². The molecule has 3 nitrogen and oxygen atoms in total. The Labute approximate surface area is 135 Å². The van der Waals surface area contributed by atoms with Crippen LogP contribution in [-0.4, -0.2) is 19.3 Å². The molecule has 1 aromatic rings. The fraction of sp³-hybridized carbons (Fsp3) is 0.529. The third-order valence-corrected chi connectivity index (χ3v) is 4.05. The summed E-state index contributed by atoms with van der Waals surface area (Å²) >= 11 is 3.60. The minimum Gasteiger partial charge on any atom is -0.490 e. The summed E-state index contributed by atoms with van der Waals surface area (Å²) in [4.78, 5) is 0. The van der Waals surface area contributed by atoms with E-state index in [1.807, 2.05) is 6.92 Å². The number of hydrogen-bond acceptors (Lipinski definition) is 3. The molecule has 4 heteroatoms. The third kappa shape index (κ3) is 5.04. The molecular formula is C17H24BrNO2. The van der Waals surface area contributed by atoms with E-state index in [1.165, 1.54) is 18.4 Å². The van der Waals surface area contributed by atoms with Crippen LogP contribution in [0.25, 0.3) is 0 Å². The molecule has 1 saturated carbocycles. The van der Waals surface area contributed by atoms with E-state index in [0.717, 1.165) is 34.5 Å². The smallest absolute Gasteiger partial charge is 0.175 e. The highest BCUT2D eigenvalue weighted by Gasteiger charge is 2.20. The minimum atomic E-state index is 0.523. The molecule has 1 aromatic carbocycles. The van der Waals surface area contributed by atoms with E-state index in [4.69, 9.17) is 9.47 Å². The largest absolute Gasteiger partial charge is 0.490 e. The van der Waals surface area contributed by atoms with Gasteiger partial charge < -0.3 is 14.8 Å². The van der Waals surface area contributed by atoms with Crippen LogP contribution in [0.2, 0.25) is 0 Å². The number of rotatable bonds is 9. The molecule has 21 heavy (non-hydrogen) atoms. The number of ether oxygens (including phenoxy) is 2. The number of benzene rings is 1. The molecule has 0 aliphatic heterocycles. The van der Waals surface area contributed by atoms with Gasteiger partial charge >= 0.3 is 0 Å². The summed E-state index contributed by atoms with van der Waals surface area (Å²) in [5.41, 5.74) is 2.28. The third-order valence-electron chi connectivity index (χ3n) is 3.46. The maximum atomic E-state index is 5.87. The van der Waals surface area contributed by atoms with E-state index in [9.17, 15) is 0 Å². The molecule has 1 aliphatic rings. The van der Waals surface area contributed by atoms with E-state index in [0.29, 0.717) is 19.3 Å². The summed E-state index contributed by atoms with van der Waals surface area (Å²) in [6.45, 7) is 10.1. The average molecular weight is 354 g/mol. The highest BCUT2D eigenvalue weighted by molar-refractivity contribution is 9.10. The van der Waals surface area contributed by atoms with Gasteiger partial charge in [-0.3, -0.25) is 0 Å². The maximum absolute atomic E-state index is 5.87.